The molecule has 4 heterocycles. The maximum atomic E-state index is 14.6. The Labute approximate surface area is 385 Å². The molecule has 66 heavy (non-hydrogen) atoms. The van der Waals surface area contributed by atoms with E-state index in [1.165, 1.54) is 45.9 Å². The Morgan fingerprint density at radius 1 is 0.712 bits per heavy atom. The van der Waals surface area contributed by atoms with Crippen molar-refractivity contribution in [2.24, 2.45) is 50.7 Å². The highest BCUT2D eigenvalue weighted by Gasteiger charge is 2.87. The summed E-state index contributed by atoms with van der Waals surface area (Å²) in [6, 6.07) is 5.69. The minimum Gasteiger partial charge on any atom is -0.462 e. The van der Waals surface area contributed by atoms with Gasteiger partial charge in [-0.3, -0.25) is 19.2 Å². The van der Waals surface area contributed by atoms with Crippen molar-refractivity contribution in [3.8, 4) is 0 Å². The lowest BCUT2D eigenvalue weighted by atomic mass is 9.41. The summed E-state index contributed by atoms with van der Waals surface area (Å²) in [5.41, 5.74) is -2.40. The molecule has 16 heteroatoms. The average Bonchev–Trinajstić information content (AvgIpc) is 4.06. The van der Waals surface area contributed by atoms with Gasteiger partial charge in [-0.05, 0) is 109 Å². The van der Waals surface area contributed by atoms with Crippen LogP contribution in [0.25, 0.3) is 0 Å². The third kappa shape index (κ3) is 6.45. The molecule has 5 aliphatic carbocycles. The molecular weight excluding hydrogens is 860 g/mol. The molecular formula is C50H65FO15. The summed E-state index contributed by atoms with van der Waals surface area (Å²) in [5, 5.41) is 0. The summed E-state index contributed by atoms with van der Waals surface area (Å²) in [6.45, 7) is 18.4. The standard InChI is InChI=1S/C50H65FO15/c1-24-19-50(42-47(10,65-42)43(66-50)63-40(56)29-13-11-12-14-30(29)51)64-31-20-45(8)34-16-15-33-44(6,7)35(17-18-48(33)23-49(34,48)21-36(59-26(3)53)46(45,9)37(24)31)62-41-39(61-28(5)55)38(60-27(4)54)32(22-57-41)58-25(2)52/h11-14,24,31-39,41-43H,15-23H2,1-10H3/t24-,31+,32-,33+,34+,35+,36-,37+,38+,39-,41+,42-,43+,45+,46-,47+,48-,49+,50-/m1/s1. The number of ether oxygens (including phenoxy) is 10. The molecule has 0 radical (unpaired) electrons. The van der Waals surface area contributed by atoms with Crippen LogP contribution in [0.2, 0.25) is 0 Å². The number of hydrogen-bond donors (Lipinski definition) is 0. The number of epoxide rings is 1. The number of hydrogen-bond acceptors (Lipinski definition) is 15. The molecule has 0 aromatic heterocycles. The Bertz CT molecular complexity index is 2220. The van der Waals surface area contributed by atoms with Crippen molar-refractivity contribution in [3.05, 3.63) is 35.6 Å². The van der Waals surface area contributed by atoms with E-state index in [1.807, 2.05) is 6.92 Å². The van der Waals surface area contributed by atoms with E-state index in [1.54, 1.807) is 6.07 Å². The second-order valence-electron chi connectivity index (χ2n) is 22.6. The van der Waals surface area contributed by atoms with E-state index < -0.39 is 83.5 Å². The lowest BCUT2D eigenvalue weighted by Crippen LogP contribution is -2.64. The molecule has 362 valence electrons. The van der Waals surface area contributed by atoms with Crippen LogP contribution in [0.15, 0.2) is 24.3 Å². The maximum Gasteiger partial charge on any atom is 0.343 e. The fraction of sp³-hybridized carbons (Fsp3) is 0.780. The summed E-state index contributed by atoms with van der Waals surface area (Å²) >= 11 is 0. The third-order valence-electron chi connectivity index (χ3n) is 18.9. The van der Waals surface area contributed by atoms with Crippen LogP contribution in [0.5, 0.6) is 0 Å². The van der Waals surface area contributed by atoms with Crippen molar-refractivity contribution in [2.75, 3.05) is 6.61 Å². The van der Waals surface area contributed by atoms with Gasteiger partial charge in [0.1, 0.15) is 18.0 Å². The minimum absolute atomic E-state index is 0.0216. The van der Waals surface area contributed by atoms with Crippen molar-refractivity contribution in [3.63, 3.8) is 0 Å². The van der Waals surface area contributed by atoms with Gasteiger partial charge in [0.2, 0.25) is 12.1 Å². The van der Waals surface area contributed by atoms with Gasteiger partial charge in [-0.25, -0.2) is 9.18 Å². The van der Waals surface area contributed by atoms with Crippen LogP contribution in [-0.2, 0) is 66.5 Å². The second kappa shape index (κ2) is 15.1. The van der Waals surface area contributed by atoms with E-state index in [-0.39, 0.29) is 75.9 Å². The number of halogens is 1. The number of fused-ring (bicyclic) bond motifs is 6. The van der Waals surface area contributed by atoms with E-state index in [9.17, 15) is 28.4 Å². The van der Waals surface area contributed by atoms with E-state index >= 15 is 0 Å². The lowest BCUT2D eigenvalue weighted by molar-refractivity contribution is -0.345. The Morgan fingerprint density at radius 3 is 2.06 bits per heavy atom. The summed E-state index contributed by atoms with van der Waals surface area (Å²) in [7, 11) is 0. The van der Waals surface area contributed by atoms with Crippen LogP contribution in [0, 0.1) is 56.6 Å². The summed E-state index contributed by atoms with van der Waals surface area (Å²) < 4.78 is 77.0. The van der Waals surface area contributed by atoms with Crippen molar-refractivity contribution in [2.45, 2.75) is 187 Å². The smallest absolute Gasteiger partial charge is 0.343 e. The van der Waals surface area contributed by atoms with Gasteiger partial charge in [0.25, 0.3) is 0 Å². The Balaban J connectivity index is 0.909. The van der Waals surface area contributed by atoms with Crippen molar-refractivity contribution in [1.29, 1.82) is 0 Å². The van der Waals surface area contributed by atoms with Gasteiger partial charge in [-0.1, -0.05) is 46.8 Å². The minimum atomic E-state index is -1.18. The van der Waals surface area contributed by atoms with E-state index in [0.29, 0.717) is 18.8 Å². The van der Waals surface area contributed by atoms with Crippen LogP contribution in [-0.4, -0.2) is 103 Å². The molecule has 3 spiro atoms. The number of benzene rings is 1. The van der Waals surface area contributed by atoms with Gasteiger partial charge in [0.05, 0.1) is 24.4 Å². The molecule has 0 unspecified atom stereocenters. The Morgan fingerprint density at radius 2 is 1.38 bits per heavy atom. The highest BCUT2D eigenvalue weighted by atomic mass is 19.1. The van der Waals surface area contributed by atoms with E-state index in [0.717, 1.165) is 38.5 Å². The quantitative estimate of drug-likeness (QED) is 0.116. The molecule has 9 fully saturated rings. The zero-order valence-electron chi connectivity index (χ0n) is 39.7. The zero-order chi connectivity index (χ0) is 47.3. The fourth-order valence-corrected chi connectivity index (χ4v) is 16.5. The molecule has 0 amide bonds. The topological polar surface area (TPSA) is 181 Å². The Hall–Kier alpha value is -3.70. The van der Waals surface area contributed by atoms with Crippen molar-refractivity contribution < 1.29 is 75.7 Å². The molecule has 4 aliphatic heterocycles. The molecule has 0 N–H and O–H groups in total. The molecule has 5 saturated carbocycles. The summed E-state index contributed by atoms with van der Waals surface area (Å²) in [6.07, 6.45) is -0.496. The molecule has 15 nitrogen and oxygen atoms in total. The van der Waals surface area contributed by atoms with Crippen LogP contribution >= 0.6 is 0 Å². The highest BCUT2D eigenvalue weighted by molar-refractivity contribution is 5.89. The fourth-order valence-electron chi connectivity index (χ4n) is 16.5. The monoisotopic (exact) mass is 924 g/mol. The lowest BCUT2D eigenvalue weighted by Gasteiger charge is -2.65. The first-order valence-electron chi connectivity index (χ1n) is 23.9. The normalized spacial score (nSPS) is 48.7. The predicted octanol–water partition coefficient (Wildman–Crippen LogP) is 6.74. The Kier molecular flexibility index (Phi) is 10.6. The van der Waals surface area contributed by atoms with Crippen LogP contribution in [0.3, 0.4) is 0 Å². The highest BCUT2D eigenvalue weighted by Crippen LogP contribution is 2.89. The van der Waals surface area contributed by atoms with Crippen LogP contribution in [0.4, 0.5) is 4.39 Å². The summed E-state index contributed by atoms with van der Waals surface area (Å²) in [5.74, 6) is -4.22. The molecule has 19 atom stereocenters. The molecule has 4 saturated heterocycles. The van der Waals surface area contributed by atoms with Crippen LogP contribution < -0.4 is 0 Å². The molecule has 10 rings (SSSR count). The number of rotatable bonds is 8. The van der Waals surface area contributed by atoms with E-state index in [4.69, 9.17) is 47.4 Å². The number of carbonyl (C=O) groups excluding carboxylic acids is 5. The number of carbonyl (C=O) groups is 5. The first kappa shape index (κ1) is 46.1. The molecule has 1 aromatic rings. The first-order valence-corrected chi connectivity index (χ1v) is 23.9. The van der Waals surface area contributed by atoms with Gasteiger partial charge >= 0.3 is 29.8 Å². The molecule has 0 bridgehead atoms. The van der Waals surface area contributed by atoms with Gasteiger partial charge < -0.3 is 47.4 Å². The SMILES string of the molecule is CC(=O)O[C@@H]1[C@@H](OC(C)=O)[C@H](O[C@H]2CC[C@]34C[C@]35C[C@@H](OC(C)=O)[C@]3(C)[C@H]6[C@H](C)C[C@]7(O[C@H](OC(=O)c8ccccc8F)[C@@]8(C)O[C@@H]78)O[C@H]6C[C@@]3(C)[C@@H]5CC[C@H]4C2(C)C)OC[C@H]1OC(C)=O. The second-order valence-corrected chi connectivity index (χ2v) is 22.6. The predicted molar refractivity (Wildman–Crippen MR) is 226 cm³/mol. The zero-order valence-corrected chi connectivity index (χ0v) is 39.7. The van der Waals surface area contributed by atoms with Gasteiger partial charge in [0, 0.05) is 39.5 Å². The third-order valence-corrected chi connectivity index (χ3v) is 18.9. The molecule has 1 aromatic carbocycles. The average molecular weight is 925 g/mol. The van der Waals surface area contributed by atoms with Gasteiger partial charge in [-0.15, -0.1) is 0 Å². The summed E-state index contributed by atoms with van der Waals surface area (Å²) in [4.78, 5) is 63.2. The maximum absolute atomic E-state index is 14.6. The van der Waals surface area contributed by atoms with Crippen molar-refractivity contribution >= 4 is 29.8 Å². The van der Waals surface area contributed by atoms with Crippen LogP contribution in [0.1, 0.15) is 131 Å². The van der Waals surface area contributed by atoms with E-state index in [2.05, 4.69) is 34.6 Å². The molecule has 9 aliphatic rings. The van der Waals surface area contributed by atoms with Gasteiger partial charge in [-0.2, -0.15) is 0 Å². The van der Waals surface area contributed by atoms with Gasteiger partial charge in [0.15, 0.2) is 30.2 Å². The largest absolute Gasteiger partial charge is 0.462 e. The number of esters is 5. The van der Waals surface area contributed by atoms with Crippen molar-refractivity contribution in [1.82, 2.24) is 0 Å². The first-order chi connectivity index (χ1) is 31.0.